The van der Waals surface area contributed by atoms with Gasteiger partial charge in [0, 0.05) is 11.8 Å². The van der Waals surface area contributed by atoms with Gasteiger partial charge in [0.05, 0.1) is 17.4 Å². The number of ketones is 1. The topological polar surface area (TPSA) is 91.5 Å². The number of likely N-dealkylation sites (tertiary alicyclic amines) is 1. The largest absolute Gasteiger partial charge is 0.508 e. The molecule has 1 aliphatic heterocycles. The summed E-state index contributed by atoms with van der Waals surface area (Å²) in [6.07, 6.45) is 3.50. The molecule has 2 aromatic carbocycles. The maximum Gasteiger partial charge on any atom is 0.196 e. The van der Waals surface area contributed by atoms with E-state index in [1.54, 1.807) is 12.1 Å². The minimum absolute atomic E-state index is 0.0130. The van der Waals surface area contributed by atoms with Gasteiger partial charge in [0.2, 0.25) is 0 Å². The minimum atomic E-state index is -0.334. The van der Waals surface area contributed by atoms with Crippen molar-refractivity contribution < 1.29 is 19.4 Å². The molecule has 0 unspecified atom stereocenters. The zero-order chi connectivity index (χ0) is 22.7. The molecule has 32 heavy (non-hydrogen) atoms. The Hall–Kier alpha value is -2.91. The SMILES string of the molecule is C[C@@H](c1nnc(SCC(=O)c2ccc(O)cc2O)n1-c1ccc(F)cc1)N1CCCCC1. The summed E-state index contributed by atoms with van der Waals surface area (Å²) >= 11 is 1.20. The molecule has 9 heteroatoms. The zero-order valence-corrected chi connectivity index (χ0v) is 18.6. The number of phenolic OH excluding ortho intramolecular Hbond substituents is 2. The Morgan fingerprint density at radius 1 is 1.09 bits per heavy atom. The molecule has 1 atom stereocenters. The number of aromatic hydroxyl groups is 2. The second-order valence-corrected chi connectivity index (χ2v) is 8.78. The van der Waals surface area contributed by atoms with E-state index in [1.165, 1.54) is 42.4 Å². The Kier molecular flexibility index (Phi) is 6.76. The van der Waals surface area contributed by atoms with E-state index < -0.39 is 0 Å². The number of phenols is 2. The van der Waals surface area contributed by atoms with E-state index >= 15 is 0 Å². The quantitative estimate of drug-likeness (QED) is 0.404. The van der Waals surface area contributed by atoms with Gasteiger partial charge in [-0.1, -0.05) is 18.2 Å². The van der Waals surface area contributed by atoms with E-state index in [1.807, 2.05) is 4.57 Å². The van der Waals surface area contributed by atoms with Crippen LogP contribution in [0.2, 0.25) is 0 Å². The van der Waals surface area contributed by atoms with Crippen LogP contribution in [0.3, 0.4) is 0 Å². The third-order valence-corrected chi connectivity index (χ3v) is 6.60. The Morgan fingerprint density at radius 3 is 2.50 bits per heavy atom. The van der Waals surface area contributed by atoms with Crippen molar-refractivity contribution in [3.8, 4) is 17.2 Å². The van der Waals surface area contributed by atoms with Crippen LogP contribution in [-0.2, 0) is 0 Å². The molecule has 2 N–H and O–H groups in total. The first kappa shape index (κ1) is 22.3. The smallest absolute Gasteiger partial charge is 0.196 e. The maximum absolute atomic E-state index is 13.5. The van der Waals surface area contributed by atoms with Gasteiger partial charge in [-0.05, 0) is 69.3 Å². The summed E-state index contributed by atoms with van der Waals surface area (Å²) in [5.74, 6) is -0.253. The average Bonchev–Trinajstić information content (AvgIpc) is 3.22. The van der Waals surface area contributed by atoms with Gasteiger partial charge >= 0.3 is 0 Å². The number of carbonyl (C=O) groups is 1. The monoisotopic (exact) mass is 456 g/mol. The van der Waals surface area contributed by atoms with Crippen molar-refractivity contribution in [3.63, 3.8) is 0 Å². The second-order valence-electron chi connectivity index (χ2n) is 7.84. The highest BCUT2D eigenvalue weighted by Crippen LogP contribution is 2.31. The number of hydrogen-bond acceptors (Lipinski definition) is 7. The Labute approximate surface area is 189 Å². The Morgan fingerprint density at radius 2 is 1.81 bits per heavy atom. The second kappa shape index (κ2) is 9.70. The van der Waals surface area contributed by atoms with Gasteiger partial charge in [0.25, 0.3) is 0 Å². The third kappa shape index (κ3) is 4.78. The summed E-state index contributed by atoms with van der Waals surface area (Å²) in [6.45, 7) is 4.06. The van der Waals surface area contributed by atoms with Gasteiger partial charge in [0.15, 0.2) is 16.8 Å². The summed E-state index contributed by atoms with van der Waals surface area (Å²) in [5, 5.41) is 28.7. The number of Topliss-reactive ketones (excluding diaryl/α,β-unsaturated/α-hetero) is 1. The van der Waals surface area contributed by atoms with Crippen LogP contribution in [0.5, 0.6) is 11.5 Å². The number of benzene rings is 2. The summed E-state index contributed by atoms with van der Waals surface area (Å²) in [7, 11) is 0. The van der Waals surface area contributed by atoms with Crippen LogP contribution in [0.1, 0.15) is 48.4 Å². The number of piperidine rings is 1. The summed E-state index contributed by atoms with van der Waals surface area (Å²) < 4.78 is 15.4. The average molecular weight is 457 g/mol. The first-order valence-corrected chi connectivity index (χ1v) is 11.6. The molecule has 7 nitrogen and oxygen atoms in total. The van der Waals surface area contributed by atoms with E-state index in [0.29, 0.717) is 5.16 Å². The van der Waals surface area contributed by atoms with Gasteiger partial charge in [-0.15, -0.1) is 10.2 Å². The normalized spacial score (nSPS) is 15.6. The van der Waals surface area contributed by atoms with E-state index in [4.69, 9.17) is 0 Å². The van der Waals surface area contributed by atoms with Crippen LogP contribution >= 0.6 is 11.8 Å². The predicted octanol–water partition coefficient (Wildman–Crippen LogP) is 4.34. The lowest BCUT2D eigenvalue weighted by molar-refractivity contribution is 0.102. The van der Waals surface area contributed by atoms with Crippen LogP contribution in [-0.4, -0.2) is 54.5 Å². The molecule has 0 amide bonds. The first-order valence-electron chi connectivity index (χ1n) is 10.6. The highest BCUT2D eigenvalue weighted by atomic mass is 32.2. The zero-order valence-electron chi connectivity index (χ0n) is 17.7. The number of thioether (sulfide) groups is 1. The van der Waals surface area contributed by atoms with Crippen molar-refractivity contribution in [2.75, 3.05) is 18.8 Å². The lowest BCUT2D eigenvalue weighted by Gasteiger charge is -2.31. The van der Waals surface area contributed by atoms with Crippen LogP contribution < -0.4 is 0 Å². The van der Waals surface area contributed by atoms with Gasteiger partial charge < -0.3 is 10.2 Å². The summed E-state index contributed by atoms with van der Waals surface area (Å²) in [4.78, 5) is 15.0. The van der Waals surface area contributed by atoms with E-state index in [2.05, 4.69) is 22.0 Å². The number of nitrogens with zero attached hydrogens (tertiary/aromatic N) is 4. The molecule has 0 saturated carbocycles. The van der Waals surface area contributed by atoms with E-state index in [9.17, 15) is 19.4 Å². The molecule has 0 radical (unpaired) electrons. The van der Waals surface area contributed by atoms with Crippen molar-refractivity contribution in [2.24, 2.45) is 0 Å². The van der Waals surface area contributed by atoms with Crippen LogP contribution in [0.15, 0.2) is 47.6 Å². The molecule has 168 valence electrons. The number of halogens is 1. The van der Waals surface area contributed by atoms with Crippen molar-refractivity contribution in [1.82, 2.24) is 19.7 Å². The van der Waals surface area contributed by atoms with Gasteiger partial charge in [-0.3, -0.25) is 14.3 Å². The molecule has 3 aromatic rings. The number of carbonyl (C=O) groups excluding carboxylic acids is 1. The van der Waals surface area contributed by atoms with Crippen molar-refractivity contribution in [3.05, 3.63) is 59.7 Å². The van der Waals surface area contributed by atoms with Crippen molar-refractivity contribution in [2.45, 2.75) is 37.4 Å². The van der Waals surface area contributed by atoms with Gasteiger partial charge in [-0.25, -0.2) is 4.39 Å². The molecule has 1 aliphatic rings. The summed E-state index contributed by atoms with van der Waals surface area (Å²) in [5.41, 5.74) is 0.850. The standard InChI is InChI=1S/C23H25FN4O3S/c1-15(27-11-3-2-4-12-27)22-25-26-23(28(22)17-7-5-16(24)6-8-17)32-14-21(31)19-10-9-18(29)13-20(19)30/h5-10,13,15,29-30H,2-4,11-12,14H2,1H3/t15-/m0/s1. The Bertz CT molecular complexity index is 1100. The fourth-order valence-corrected chi connectivity index (χ4v) is 4.75. The molecule has 1 fully saturated rings. The highest BCUT2D eigenvalue weighted by Gasteiger charge is 2.26. The predicted molar refractivity (Wildman–Crippen MR) is 120 cm³/mol. The summed E-state index contributed by atoms with van der Waals surface area (Å²) in [6, 6.07) is 10.0. The van der Waals surface area contributed by atoms with Crippen LogP contribution in [0, 0.1) is 5.82 Å². The molecular formula is C23H25FN4O3S. The highest BCUT2D eigenvalue weighted by molar-refractivity contribution is 7.99. The van der Waals surface area contributed by atoms with Crippen LogP contribution in [0.4, 0.5) is 4.39 Å². The van der Waals surface area contributed by atoms with E-state index in [0.717, 1.165) is 43.5 Å². The lowest BCUT2D eigenvalue weighted by atomic mass is 10.1. The first-order chi connectivity index (χ1) is 15.4. The van der Waals surface area contributed by atoms with Gasteiger partial charge in [-0.2, -0.15) is 0 Å². The fraction of sp³-hybridized carbons (Fsp3) is 0.348. The number of rotatable bonds is 7. The lowest BCUT2D eigenvalue weighted by Crippen LogP contribution is -2.33. The molecule has 0 spiro atoms. The van der Waals surface area contributed by atoms with E-state index in [-0.39, 0.29) is 40.5 Å². The van der Waals surface area contributed by atoms with Crippen LogP contribution in [0.25, 0.3) is 5.69 Å². The molecule has 1 aromatic heterocycles. The number of hydrogen-bond donors (Lipinski definition) is 2. The maximum atomic E-state index is 13.5. The third-order valence-electron chi connectivity index (χ3n) is 5.67. The molecule has 2 heterocycles. The molecule has 0 aliphatic carbocycles. The Balaban J connectivity index is 1.61. The molecular weight excluding hydrogens is 431 g/mol. The number of aromatic nitrogens is 3. The molecule has 4 rings (SSSR count). The van der Waals surface area contributed by atoms with Crippen molar-refractivity contribution >= 4 is 17.5 Å². The fourth-order valence-electron chi connectivity index (χ4n) is 3.91. The van der Waals surface area contributed by atoms with Gasteiger partial charge in [0.1, 0.15) is 17.3 Å². The minimum Gasteiger partial charge on any atom is -0.508 e. The molecule has 0 bridgehead atoms. The van der Waals surface area contributed by atoms with Crippen molar-refractivity contribution in [1.29, 1.82) is 0 Å². The molecule has 1 saturated heterocycles.